The fraction of sp³-hybridized carbons (Fsp3) is 0.545. The Labute approximate surface area is 358 Å². The van der Waals surface area contributed by atoms with Gasteiger partial charge in [-0.05, 0) is 76.3 Å². The van der Waals surface area contributed by atoms with Crippen LogP contribution < -0.4 is 24.6 Å². The Morgan fingerprint density at radius 2 is 1.74 bits per heavy atom. The number of methoxy groups -OCH3 is 1. The Hall–Kier alpha value is -4.50. The molecule has 0 radical (unpaired) electrons. The number of carbonyl (C=O) groups excluding carboxylic acids is 3. The Morgan fingerprint density at radius 1 is 1.03 bits per heavy atom. The maximum atomic E-state index is 14.9. The smallest absolute Gasteiger partial charge is 0.408 e. The summed E-state index contributed by atoms with van der Waals surface area (Å²) < 4.78 is 67.7. The van der Waals surface area contributed by atoms with Crippen LogP contribution in [0.2, 0.25) is 0 Å². The summed E-state index contributed by atoms with van der Waals surface area (Å²) >= 11 is 0. The second-order valence-electron chi connectivity index (χ2n) is 17.8. The molecule has 0 spiro atoms. The molecule has 4 fully saturated rings. The number of alkyl carbamates (subject to hydrolysis) is 1. The largest absolute Gasteiger partial charge is 0.497 e. The number of amides is 3. The molecule has 17 heteroatoms. The summed E-state index contributed by atoms with van der Waals surface area (Å²) in [6, 6.07) is 14.5. The van der Waals surface area contributed by atoms with Gasteiger partial charge >= 0.3 is 13.6 Å². The molecule has 3 aliphatic carbocycles. The number of hydrogen-bond acceptors (Lipinski definition) is 11. The van der Waals surface area contributed by atoms with Crippen molar-refractivity contribution in [3.63, 3.8) is 0 Å². The molecule has 3 saturated carbocycles. The molecule has 330 valence electrons. The first-order valence-corrected chi connectivity index (χ1v) is 24.3. The molecule has 4 aliphatic rings. The number of nitrogens with zero attached hydrogens (tertiary/aromatic N) is 2. The fourth-order valence-electron chi connectivity index (χ4n) is 8.53. The molecule has 3 amide bonds. The van der Waals surface area contributed by atoms with E-state index in [0.717, 1.165) is 31.2 Å². The number of sulfonamides is 1. The van der Waals surface area contributed by atoms with Crippen molar-refractivity contribution in [2.45, 2.75) is 121 Å². The third-order valence-corrected chi connectivity index (χ3v) is 17.7. The van der Waals surface area contributed by atoms with Crippen LogP contribution in [0, 0.1) is 11.3 Å². The average molecular weight is 880 g/mol. The molecular weight excluding hydrogens is 822 g/mol. The topological polar surface area (TPSA) is 192 Å². The minimum absolute atomic E-state index is 0.00214. The van der Waals surface area contributed by atoms with Crippen LogP contribution in [0.4, 0.5) is 4.79 Å². The van der Waals surface area contributed by atoms with Crippen molar-refractivity contribution >= 4 is 46.4 Å². The lowest BCUT2D eigenvalue weighted by Crippen LogP contribution is -2.59. The number of aromatic nitrogens is 1. The van der Waals surface area contributed by atoms with Crippen molar-refractivity contribution in [1.82, 2.24) is 25.0 Å². The molecule has 1 aromatic heterocycles. The van der Waals surface area contributed by atoms with Gasteiger partial charge in [0.05, 0.1) is 36.7 Å². The SMILES string of the molecule is C=C(C)[C@@H]1C[C@]1(NC(=O)C1CC(Oc2cc(-c3ccccc3)nc3cc(OC)ccc23)CN1C(=O)[C@@H](NC(=O)OC1CCCC1)C(C)(C)C)P(=O)(NS(=O)(=O)C1CC1)OCC. The number of rotatable bonds is 16. The average Bonchev–Trinajstić information content (AvgIpc) is 4.10. The minimum Gasteiger partial charge on any atom is -0.497 e. The van der Waals surface area contributed by atoms with Crippen LogP contribution in [0.3, 0.4) is 0 Å². The van der Waals surface area contributed by atoms with Crippen molar-refractivity contribution in [1.29, 1.82) is 0 Å². The van der Waals surface area contributed by atoms with Gasteiger partial charge in [0.25, 0.3) is 0 Å². The molecule has 6 atom stereocenters. The van der Waals surface area contributed by atoms with Crippen LogP contribution in [0.5, 0.6) is 11.5 Å². The highest BCUT2D eigenvalue weighted by atomic mass is 32.2. The van der Waals surface area contributed by atoms with Gasteiger partial charge in [-0.2, -0.15) is 0 Å². The summed E-state index contributed by atoms with van der Waals surface area (Å²) in [5.41, 5.74) is 1.84. The van der Waals surface area contributed by atoms with Gasteiger partial charge in [-0.25, -0.2) is 18.2 Å². The first-order chi connectivity index (χ1) is 28.9. The van der Waals surface area contributed by atoms with E-state index in [9.17, 15) is 27.4 Å². The first-order valence-electron chi connectivity index (χ1n) is 21.1. The number of pyridine rings is 1. The number of nitrogens with one attached hydrogen (secondary N) is 3. The Balaban J connectivity index is 1.24. The fourth-order valence-corrected chi connectivity index (χ4v) is 14.0. The van der Waals surface area contributed by atoms with Crippen LogP contribution in [0.25, 0.3) is 22.2 Å². The zero-order valence-corrected chi connectivity index (χ0v) is 37.5. The van der Waals surface area contributed by atoms with Gasteiger partial charge in [-0.15, -0.1) is 4.49 Å². The molecule has 3 aromatic rings. The summed E-state index contributed by atoms with van der Waals surface area (Å²) in [6.45, 7) is 12.7. The molecule has 1 aliphatic heterocycles. The summed E-state index contributed by atoms with van der Waals surface area (Å²) in [4.78, 5) is 49.5. The van der Waals surface area contributed by atoms with E-state index in [1.54, 1.807) is 33.1 Å². The van der Waals surface area contributed by atoms with Crippen LogP contribution in [-0.2, 0) is 33.4 Å². The monoisotopic (exact) mass is 879 g/mol. The van der Waals surface area contributed by atoms with Crippen LogP contribution in [0.15, 0.2) is 66.7 Å². The number of hydrogen-bond donors (Lipinski definition) is 3. The maximum absolute atomic E-state index is 14.9. The van der Waals surface area contributed by atoms with Gasteiger partial charge in [0.2, 0.25) is 21.8 Å². The quantitative estimate of drug-likeness (QED) is 0.0986. The summed E-state index contributed by atoms with van der Waals surface area (Å²) in [5.74, 6) is -0.737. The van der Waals surface area contributed by atoms with Crippen molar-refractivity contribution in [2.24, 2.45) is 11.3 Å². The van der Waals surface area contributed by atoms with E-state index in [2.05, 4.69) is 21.7 Å². The number of carbonyl (C=O) groups is 3. The Kier molecular flexibility index (Phi) is 12.7. The predicted molar refractivity (Wildman–Crippen MR) is 231 cm³/mol. The van der Waals surface area contributed by atoms with Crippen LogP contribution in [-0.4, -0.2) is 91.3 Å². The van der Waals surface area contributed by atoms with E-state index in [4.69, 9.17) is 23.7 Å². The van der Waals surface area contributed by atoms with Crippen molar-refractivity contribution in [2.75, 3.05) is 20.3 Å². The van der Waals surface area contributed by atoms with Crippen molar-refractivity contribution in [3.8, 4) is 22.8 Å². The Morgan fingerprint density at radius 3 is 2.34 bits per heavy atom. The third-order valence-electron chi connectivity index (χ3n) is 12.1. The molecule has 2 heterocycles. The van der Waals surface area contributed by atoms with E-state index in [1.165, 1.54) is 4.90 Å². The van der Waals surface area contributed by atoms with Gasteiger partial charge < -0.3 is 34.3 Å². The minimum atomic E-state index is -4.37. The highest BCUT2D eigenvalue weighted by molar-refractivity contribution is 7.96. The van der Waals surface area contributed by atoms with Crippen molar-refractivity contribution in [3.05, 3.63) is 66.7 Å². The zero-order chi connectivity index (χ0) is 43.9. The molecule has 3 N–H and O–H groups in total. The molecule has 1 saturated heterocycles. The predicted octanol–water partition coefficient (Wildman–Crippen LogP) is 7.06. The molecule has 15 nitrogen and oxygen atoms in total. The highest BCUT2D eigenvalue weighted by Crippen LogP contribution is 2.72. The molecule has 7 rings (SSSR count). The van der Waals surface area contributed by atoms with Gasteiger partial charge in [0.15, 0.2) is 0 Å². The number of ether oxygens (including phenoxy) is 3. The highest BCUT2D eigenvalue weighted by Gasteiger charge is 2.70. The van der Waals surface area contributed by atoms with Crippen molar-refractivity contribution < 1.29 is 46.1 Å². The Bertz CT molecular complexity index is 2330. The lowest BCUT2D eigenvalue weighted by atomic mass is 9.85. The zero-order valence-electron chi connectivity index (χ0n) is 35.8. The van der Waals surface area contributed by atoms with E-state index >= 15 is 0 Å². The lowest BCUT2D eigenvalue weighted by Gasteiger charge is -2.36. The molecule has 3 unspecified atom stereocenters. The lowest BCUT2D eigenvalue weighted by molar-refractivity contribution is -0.142. The number of benzene rings is 2. The summed E-state index contributed by atoms with van der Waals surface area (Å²) in [5, 5.41) is 4.09. The summed E-state index contributed by atoms with van der Waals surface area (Å²) in [7, 11) is -6.84. The molecule has 0 bridgehead atoms. The normalized spacial score (nSPS) is 24.4. The van der Waals surface area contributed by atoms with E-state index < -0.39 is 75.5 Å². The second-order valence-corrected chi connectivity index (χ2v) is 22.5. The summed E-state index contributed by atoms with van der Waals surface area (Å²) in [6.07, 6.45) is 2.63. The molecule has 2 aromatic carbocycles. The van der Waals surface area contributed by atoms with Gasteiger partial charge in [-0.3, -0.25) is 14.2 Å². The van der Waals surface area contributed by atoms with Crippen LogP contribution in [0.1, 0.15) is 86.0 Å². The van der Waals surface area contributed by atoms with Gasteiger partial charge in [0.1, 0.15) is 41.1 Å². The third kappa shape index (κ3) is 9.47. The van der Waals surface area contributed by atoms with Gasteiger partial charge in [-0.1, -0.05) is 63.3 Å². The molecule has 61 heavy (non-hydrogen) atoms. The van der Waals surface area contributed by atoms with Crippen LogP contribution >= 0.6 is 7.52 Å². The second kappa shape index (κ2) is 17.3. The van der Waals surface area contributed by atoms with E-state index in [-0.39, 0.29) is 32.1 Å². The molecular formula is C44H58N5O10PS. The number of likely N-dealkylation sites (tertiary alicyclic amines) is 1. The number of fused-ring (bicyclic) bond motifs is 1. The van der Waals surface area contributed by atoms with Gasteiger partial charge in [0, 0.05) is 35.4 Å². The maximum Gasteiger partial charge on any atom is 0.408 e. The van der Waals surface area contributed by atoms with E-state index in [1.807, 2.05) is 63.2 Å². The van der Waals surface area contributed by atoms with E-state index in [0.29, 0.717) is 46.5 Å². The standard InChI is InChI=1S/C44H58N5O10PS/c1-8-57-60(53,48-61(54,55)32-19-20-32)44(25-34(44)27(2)3)47-40(50)37-23-31(26-49(37)41(51)39(43(4,5)6)46-42(52)59-29-16-12-13-17-29)58-38-24-35(28-14-10-9-11-15-28)45-36-22-30(56-7)18-21-33(36)38/h9-11,14-15,18,21-22,24,29,31-32,34,37,39H,2,8,12-13,16-17,19-20,23,25-26H2,1,3-7H3,(H,46,52)(H,47,50)(H,48,53)/t31?,34-,37?,39+,44-,60?/m0/s1. The first kappa shape index (κ1) is 44.6.